The van der Waals surface area contributed by atoms with Crippen molar-refractivity contribution in [3.8, 4) is 11.4 Å². The first-order chi connectivity index (χ1) is 26.3. The lowest BCUT2D eigenvalue weighted by Crippen LogP contribution is -2.36. The molecule has 3 saturated heterocycles. The summed E-state index contributed by atoms with van der Waals surface area (Å²) in [4.78, 5) is 35.2. The normalized spacial score (nSPS) is 16.2. The van der Waals surface area contributed by atoms with E-state index in [0.717, 1.165) is 93.8 Å². The molecule has 54 heavy (non-hydrogen) atoms. The number of morpholine rings is 1. The summed E-state index contributed by atoms with van der Waals surface area (Å²) in [6.45, 7) is 8.30. The number of pyridine rings is 4. The van der Waals surface area contributed by atoms with Crippen molar-refractivity contribution in [2.24, 2.45) is 0 Å². The predicted molar refractivity (Wildman–Crippen MR) is 211 cm³/mol. The van der Waals surface area contributed by atoms with E-state index in [1.165, 1.54) is 25.0 Å². The third kappa shape index (κ3) is 8.36. The molecule has 0 spiro atoms. The van der Waals surface area contributed by atoms with Crippen LogP contribution in [-0.2, 0) is 4.74 Å². The molecule has 8 rings (SSSR count). The van der Waals surface area contributed by atoms with Gasteiger partial charge < -0.3 is 24.8 Å². The average molecular weight is 803 g/mol. The molecule has 12 nitrogen and oxygen atoms in total. The zero-order valence-electron chi connectivity index (χ0n) is 30.1. The molecule has 282 valence electrons. The molecule has 0 aliphatic carbocycles. The van der Waals surface area contributed by atoms with E-state index in [9.17, 15) is 14.5 Å². The Bertz CT molecular complexity index is 2110. The van der Waals surface area contributed by atoms with Crippen LogP contribution in [0.4, 0.5) is 43.2 Å². The Kier molecular flexibility index (Phi) is 11.7. The Morgan fingerprint density at radius 2 is 1.52 bits per heavy atom. The quantitative estimate of drug-likeness (QED) is 0.126. The molecule has 0 unspecified atom stereocenters. The van der Waals surface area contributed by atoms with E-state index in [2.05, 4.69) is 52.1 Å². The van der Waals surface area contributed by atoms with E-state index < -0.39 is 11.6 Å². The molecule has 0 radical (unpaired) electrons. The molecule has 3 aliphatic heterocycles. The Morgan fingerprint density at radius 1 is 0.833 bits per heavy atom. The minimum atomic E-state index is -0.672. The SMILES string of the molecule is Cc1c(-c2ccccn2)nc2cc(F)cc(F)c2c1Nc1cc(N2CCOCC2)cnc1N1CCCCC1.O=[N+]([O-])c1cc(Br)cnc1N1CCCCC1. The van der Waals surface area contributed by atoms with Gasteiger partial charge in [-0.2, -0.15) is 0 Å². The fourth-order valence-corrected chi connectivity index (χ4v) is 7.56. The van der Waals surface area contributed by atoms with Crippen LogP contribution >= 0.6 is 15.9 Å². The largest absolute Gasteiger partial charge is 0.378 e. The summed E-state index contributed by atoms with van der Waals surface area (Å²) in [5, 5.41) is 14.7. The van der Waals surface area contributed by atoms with Crippen molar-refractivity contribution < 1.29 is 18.4 Å². The summed E-state index contributed by atoms with van der Waals surface area (Å²) in [7, 11) is 0. The number of ether oxygens (including phenoxy) is 1. The van der Waals surface area contributed by atoms with Crippen molar-refractivity contribution in [1.82, 2.24) is 19.9 Å². The van der Waals surface area contributed by atoms with E-state index in [4.69, 9.17) is 9.72 Å². The summed E-state index contributed by atoms with van der Waals surface area (Å²) >= 11 is 3.20. The number of aromatic nitrogens is 4. The van der Waals surface area contributed by atoms with Crippen LogP contribution in [-0.4, -0.2) is 77.3 Å². The van der Waals surface area contributed by atoms with Gasteiger partial charge in [0.1, 0.15) is 11.6 Å². The van der Waals surface area contributed by atoms with Crippen molar-refractivity contribution in [2.75, 3.05) is 72.5 Å². The lowest BCUT2D eigenvalue weighted by Gasteiger charge is -2.32. The molecule has 1 aromatic carbocycles. The summed E-state index contributed by atoms with van der Waals surface area (Å²) < 4.78 is 35.8. The van der Waals surface area contributed by atoms with Crippen LogP contribution in [0, 0.1) is 28.7 Å². The lowest BCUT2D eigenvalue weighted by atomic mass is 10.0. The van der Waals surface area contributed by atoms with Crippen molar-refractivity contribution in [1.29, 1.82) is 0 Å². The molecule has 0 bridgehead atoms. The number of nitrogens with zero attached hydrogens (tertiary/aromatic N) is 8. The average Bonchev–Trinajstić information content (AvgIpc) is 3.20. The molecular formula is C39H42BrF2N9O3. The maximum absolute atomic E-state index is 15.4. The Labute approximate surface area is 320 Å². The second-order valence-corrected chi connectivity index (χ2v) is 14.5. The topological polar surface area (TPSA) is 126 Å². The van der Waals surface area contributed by atoms with Gasteiger partial charge in [-0.15, -0.1) is 0 Å². The number of hydrogen-bond acceptors (Lipinski definition) is 11. The number of hydrogen-bond donors (Lipinski definition) is 1. The maximum atomic E-state index is 15.4. The minimum absolute atomic E-state index is 0.0799. The van der Waals surface area contributed by atoms with Gasteiger partial charge in [0.15, 0.2) is 5.82 Å². The molecule has 3 fully saturated rings. The van der Waals surface area contributed by atoms with Gasteiger partial charge in [-0.1, -0.05) is 6.07 Å². The highest BCUT2D eigenvalue weighted by atomic mass is 79.9. The van der Waals surface area contributed by atoms with Gasteiger partial charge in [0.25, 0.3) is 0 Å². The van der Waals surface area contributed by atoms with Crippen molar-refractivity contribution in [2.45, 2.75) is 45.4 Å². The van der Waals surface area contributed by atoms with Crippen LogP contribution in [0.15, 0.2) is 65.5 Å². The van der Waals surface area contributed by atoms with Gasteiger partial charge in [0.05, 0.1) is 63.7 Å². The van der Waals surface area contributed by atoms with Gasteiger partial charge in [0, 0.05) is 79.9 Å². The van der Waals surface area contributed by atoms with Gasteiger partial charge >= 0.3 is 5.69 Å². The number of benzene rings is 1. The highest BCUT2D eigenvalue weighted by Gasteiger charge is 2.25. The molecule has 5 aromatic rings. The van der Waals surface area contributed by atoms with Crippen LogP contribution in [0.1, 0.15) is 44.1 Å². The standard InChI is InChI=1S/C29H30F2N6O.C10H12BrN3O2/c1-19-27(23-7-3-4-8-32-23)34-24-16-20(30)15-22(31)26(24)28(19)35-25-17-21(36-11-13-38-14-12-36)18-33-29(25)37-9-5-2-6-10-37;11-8-6-9(14(15)16)10(12-7-8)13-4-2-1-3-5-13/h3-4,7-8,15-18H,2,5-6,9-14H2,1H3,(H,34,35);6-7H,1-5H2. The van der Waals surface area contributed by atoms with E-state index in [1.54, 1.807) is 12.4 Å². The van der Waals surface area contributed by atoms with E-state index >= 15 is 4.39 Å². The van der Waals surface area contributed by atoms with Crippen molar-refractivity contribution >= 4 is 61.2 Å². The lowest BCUT2D eigenvalue weighted by molar-refractivity contribution is -0.384. The van der Waals surface area contributed by atoms with Crippen molar-refractivity contribution in [3.63, 3.8) is 0 Å². The second-order valence-electron chi connectivity index (χ2n) is 13.6. The smallest absolute Gasteiger partial charge is 0.312 e. The molecular weight excluding hydrogens is 760 g/mol. The van der Waals surface area contributed by atoms with E-state index in [-0.39, 0.29) is 21.5 Å². The fraction of sp³-hybridized carbons (Fsp3) is 0.385. The monoisotopic (exact) mass is 801 g/mol. The number of halogens is 3. The number of piperidine rings is 2. The molecule has 0 atom stereocenters. The van der Waals surface area contributed by atoms with Crippen LogP contribution < -0.4 is 20.0 Å². The highest BCUT2D eigenvalue weighted by Crippen LogP contribution is 2.40. The molecule has 15 heteroatoms. The molecule has 1 N–H and O–H groups in total. The number of anilines is 5. The molecule has 7 heterocycles. The van der Waals surface area contributed by atoms with Crippen LogP contribution in [0.5, 0.6) is 0 Å². The first-order valence-electron chi connectivity index (χ1n) is 18.4. The van der Waals surface area contributed by atoms with Crippen molar-refractivity contribution in [3.05, 3.63) is 92.8 Å². The highest BCUT2D eigenvalue weighted by molar-refractivity contribution is 9.10. The first kappa shape index (κ1) is 37.3. The summed E-state index contributed by atoms with van der Waals surface area (Å²) in [6.07, 6.45) is 11.9. The molecule has 0 saturated carbocycles. The predicted octanol–water partition coefficient (Wildman–Crippen LogP) is 8.59. The summed E-state index contributed by atoms with van der Waals surface area (Å²) in [5.41, 5.74) is 4.53. The number of nitrogens with one attached hydrogen (secondary N) is 1. The maximum Gasteiger partial charge on any atom is 0.312 e. The molecule has 0 amide bonds. The van der Waals surface area contributed by atoms with Gasteiger partial charge in [-0.05, 0) is 79.6 Å². The summed E-state index contributed by atoms with van der Waals surface area (Å²) in [5.74, 6) is -0.0161. The van der Waals surface area contributed by atoms with Crippen LogP contribution in [0.3, 0.4) is 0 Å². The Hall–Kier alpha value is -5.02. The second kappa shape index (κ2) is 17.0. The number of rotatable bonds is 7. The fourth-order valence-electron chi connectivity index (χ4n) is 7.24. The van der Waals surface area contributed by atoms with Gasteiger partial charge in [-0.25, -0.2) is 23.7 Å². The Morgan fingerprint density at radius 3 is 2.19 bits per heavy atom. The number of nitro groups is 1. The third-order valence-corrected chi connectivity index (χ3v) is 10.4. The zero-order valence-corrected chi connectivity index (χ0v) is 31.7. The van der Waals surface area contributed by atoms with E-state index in [1.807, 2.05) is 36.2 Å². The summed E-state index contributed by atoms with van der Waals surface area (Å²) in [6, 6.07) is 11.3. The van der Waals surface area contributed by atoms with Gasteiger partial charge in [-0.3, -0.25) is 15.1 Å². The molecule has 4 aromatic heterocycles. The zero-order chi connectivity index (χ0) is 37.6. The number of fused-ring (bicyclic) bond motifs is 1. The molecule has 3 aliphatic rings. The van der Waals surface area contributed by atoms with Gasteiger partial charge in [0.2, 0.25) is 5.82 Å². The first-order valence-corrected chi connectivity index (χ1v) is 19.2. The van der Waals surface area contributed by atoms with Crippen LogP contribution in [0.25, 0.3) is 22.3 Å². The van der Waals surface area contributed by atoms with E-state index in [0.29, 0.717) is 40.6 Å². The Balaban J connectivity index is 0.000000235. The third-order valence-electron chi connectivity index (χ3n) is 9.96. The van der Waals surface area contributed by atoms with Crippen LogP contribution in [0.2, 0.25) is 0 Å². The minimum Gasteiger partial charge on any atom is -0.378 e.